The first-order valence-corrected chi connectivity index (χ1v) is 3.42. The Balaban J connectivity index is 2.59. The highest BCUT2D eigenvalue weighted by atomic mass is 14.9. The zero-order chi connectivity index (χ0) is 6.69. The molecule has 0 unspecified atom stereocenters. The van der Waals surface area contributed by atoms with E-state index in [2.05, 4.69) is 24.9 Å². The molecule has 1 heterocycles. The topological polar surface area (TPSA) is 12.0 Å². The number of nitrogens with one attached hydrogen (secondary N) is 1. The largest absolute Gasteiger partial charge is 0.309 e. The molecule has 50 valence electrons. The lowest BCUT2D eigenvalue weighted by atomic mass is 10.1. The van der Waals surface area contributed by atoms with Crippen molar-refractivity contribution in [2.24, 2.45) is 0 Å². The predicted octanol–water partition coefficient (Wildman–Crippen LogP) is 1.48. The van der Waals surface area contributed by atoms with Crippen molar-refractivity contribution < 1.29 is 0 Å². The van der Waals surface area contributed by atoms with Gasteiger partial charge in [0.25, 0.3) is 0 Å². The average molecular weight is 123 g/mol. The lowest BCUT2D eigenvalue weighted by Crippen LogP contribution is -2.04. The Morgan fingerprint density at radius 1 is 1.67 bits per heavy atom. The van der Waals surface area contributed by atoms with E-state index < -0.39 is 0 Å². The van der Waals surface area contributed by atoms with Crippen molar-refractivity contribution >= 4 is 0 Å². The van der Waals surface area contributed by atoms with Crippen LogP contribution in [0.2, 0.25) is 0 Å². The number of hydrogen-bond donors (Lipinski definition) is 1. The Labute approximate surface area is 56.5 Å². The summed E-state index contributed by atoms with van der Waals surface area (Å²) in [5, 5.41) is 3.24. The Bertz CT molecular complexity index is 145. The van der Waals surface area contributed by atoms with E-state index in [1.54, 1.807) is 0 Å². The van der Waals surface area contributed by atoms with Gasteiger partial charge in [0.15, 0.2) is 0 Å². The van der Waals surface area contributed by atoms with Crippen LogP contribution < -0.4 is 5.32 Å². The van der Waals surface area contributed by atoms with E-state index in [1.807, 2.05) is 0 Å². The predicted molar refractivity (Wildman–Crippen MR) is 40.4 cm³/mol. The van der Waals surface area contributed by atoms with Gasteiger partial charge in [0.05, 0.1) is 0 Å². The highest BCUT2D eigenvalue weighted by molar-refractivity contribution is 5.34. The van der Waals surface area contributed by atoms with Gasteiger partial charge in [0.1, 0.15) is 0 Å². The van der Waals surface area contributed by atoms with E-state index in [4.69, 9.17) is 0 Å². The summed E-state index contributed by atoms with van der Waals surface area (Å²) in [5.41, 5.74) is 2.66. The molecule has 0 amide bonds. The molecule has 9 heavy (non-hydrogen) atoms. The van der Waals surface area contributed by atoms with Crippen LogP contribution in [0.3, 0.4) is 0 Å². The SMILES string of the molecule is C=C1CNC/C1=C/CC. The molecule has 0 saturated carbocycles. The molecule has 1 rings (SSSR count). The summed E-state index contributed by atoms with van der Waals surface area (Å²) >= 11 is 0. The van der Waals surface area contributed by atoms with Crippen LogP contribution in [0, 0.1) is 0 Å². The maximum Gasteiger partial charge on any atom is 0.0208 e. The van der Waals surface area contributed by atoms with Crippen LogP contribution in [0.25, 0.3) is 0 Å². The van der Waals surface area contributed by atoms with Gasteiger partial charge in [-0.25, -0.2) is 0 Å². The van der Waals surface area contributed by atoms with Crippen molar-refractivity contribution in [1.82, 2.24) is 5.32 Å². The lowest BCUT2D eigenvalue weighted by molar-refractivity contribution is 0.894. The van der Waals surface area contributed by atoms with Gasteiger partial charge in [-0.3, -0.25) is 0 Å². The molecule has 1 nitrogen and oxygen atoms in total. The summed E-state index contributed by atoms with van der Waals surface area (Å²) in [6, 6.07) is 0. The maximum atomic E-state index is 3.92. The summed E-state index contributed by atoms with van der Waals surface area (Å²) in [6.45, 7) is 8.07. The summed E-state index contributed by atoms with van der Waals surface area (Å²) < 4.78 is 0. The monoisotopic (exact) mass is 123 g/mol. The first-order valence-electron chi connectivity index (χ1n) is 3.42. The van der Waals surface area contributed by atoms with Crippen LogP contribution in [0.1, 0.15) is 13.3 Å². The third-order valence-electron chi connectivity index (χ3n) is 1.56. The number of hydrogen-bond acceptors (Lipinski definition) is 1. The van der Waals surface area contributed by atoms with Crippen LogP contribution in [0.5, 0.6) is 0 Å². The van der Waals surface area contributed by atoms with Gasteiger partial charge in [-0.15, -0.1) is 0 Å². The van der Waals surface area contributed by atoms with Crippen LogP contribution in [-0.4, -0.2) is 13.1 Å². The highest BCUT2D eigenvalue weighted by Gasteiger charge is 2.07. The van der Waals surface area contributed by atoms with E-state index >= 15 is 0 Å². The lowest BCUT2D eigenvalue weighted by Gasteiger charge is -1.92. The molecule has 1 heteroatoms. The third kappa shape index (κ3) is 1.42. The minimum Gasteiger partial charge on any atom is -0.309 e. The van der Waals surface area contributed by atoms with Crippen LogP contribution in [0.4, 0.5) is 0 Å². The molecule has 1 saturated heterocycles. The minimum atomic E-state index is 0.978. The Kier molecular flexibility index (Phi) is 2.06. The second-order valence-electron chi connectivity index (χ2n) is 2.34. The summed E-state index contributed by atoms with van der Waals surface area (Å²) in [6.07, 6.45) is 3.36. The van der Waals surface area contributed by atoms with Gasteiger partial charge in [0.2, 0.25) is 0 Å². The van der Waals surface area contributed by atoms with E-state index in [0.717, 1.165) is 19.5 Å². The Hall–Kier alpha value is -0.560. The van der Waals surface area contributed by atoms with Crippen molar-refractivity contribution in [2.75, 3.05) is 13.1 Å². The minimum absolute atomic E-state index is 0.978. The molecule has 1 aliphatic heterocycles. The van der Waals surface area contributed by atoms with Gasteiger partial charge in [-0.2, -0.15) is 0 Å². The normalized spacial score (nSPS) is 23.7. The Morgan fingerprint density at radius 2 is 2.44 bits per heavy atom. The molecule has 1 fully saturated rings. The van der Waals surface area contributed by atoms with Gasteiger partial charge in [0, 0.05) is 13.1 Å². The molecule has 0 aromatic carbocycles. The smallest absolute Gasteiger partial charge is 0.0208 e. The zero-order valence-electron chi connectivity index (χ0n) is 5.91. The maximum absolute atomic E-state index is 3.92. The third-order valence-corrected chi connectivity index (χ3v) is 1.56. The van der Waals surface area contributed by atoms with Crippen molar-refractivity contribution in [3.05, 3.63) is 23.8 Å². The molecule has 0 bridgehead atoms. The highest BCUT2D eigenvalue weighted by Crippen LogP contribution is 2.11. The van der Waals surface area contributed by atoms with Crippen molar-refractivity contribution in [1.29, 1.82) is 0 Å². The van der Waals surface area contributed by atoms with Crippen molar-refractivity contribution in [3.63, 3.8) is 0 Å². The fourth-order valence-corrected chi connectivity index (χ4v) is 1.05. The standard InChI is InChI=1S/C8H13N/c1-3-4-8-6-9-5-7(8)2/h4,9H,2-3,5-6H2,1H3/b8-4-. The van der Waals surface area contributed by atoms with Gasteiger partial charge < -0.3 is 5.32 Å². The molecule has 1 aliphatic rings. The summed E-state index contributed by atoms with van der Waals surface area (Å²) in [4.78, 5) is 0. The zero-order valence-corrected chi connectivity index (χ0v) is 5.91. The second-order valence-corrected chi connectivity index (χ2v) is 2.34. The van der Waals surface area contributed by atoms with Crippen LogP contribution in [0.15, 0.2) is 23.8 Å². The van der Waals surface area contributed by atoms with E-state index in [-0.39, 0.29) is 0 Å². The van der Waals surface area contributed by atoms with E-state index in [0.29, 0.717) is 0 Å². The van der Waals surface area contributed by atoms with Crippen LogP contribution >= 0.6 is 0 Å². The molecular formula is C8H13N. The molecule has 0 aromatic heterocycles. The van der Waals surface area contributed by atoms with E-state index in [1.165, 1.54) is 11.1 Å². The average Bonchev–Trinajstić information content (AvgIpc) is 2.18. The quantitative estimate of drug-likeness (QED) is 0.557. The van der Waals surface area contributed by atoms with Gasteiger partial charge >= 0.3 is 0 Å². The number of allylic oxidation sites excluding steroid dienone is 1. The molecule has 1 N–H and O–H groups in total. The van der Waals surface area contributed by atoms with Crippen molar-refractivity contribution in [2.45, 2.75) is 13.3 Å². The summed E-state index contributed by atoms with van der Waals surface area (Å²) in [7, 11) is 0. The van der Waals surface area contributed by atoms with Crippen LogP contribution in [-0.2, 0) is 0 Å². The molecule has 0 aromatic rings. The molecule has 0 aliphatic carbocycles. The fraction of sp³-hybridized carbons (Fsp3) is 0.500. The second kappa shape index (κ2) is 2.83. The molecule has 0 spiro atoms. The van der Waals surface area contributed by atoms with Gasteiger partial charge in [-0.05, 0) is 17.6 Å². The molecule has 0 atom stereocenters. The van der Waals surface area contributed by atoms with E-state index in [9.17, 15) is 0 Å². The number of rotatable bonds is 1. The fourth-order valence-electron chi connectivity index (χ4n) is 1.05. The van der Waals surface area contributed by atoms with Gasteiger partial charge in [-0.1, -0.05) is 19.6 Å². The molecular weight excluding hydrogens is 110 g/mol. The molecule has 0 radical (unpaired) electrons. The summed E-state index contributed by atoms with van der Waals surface area (Å²) in [5.74, 6) is 0. The Morgan fingerprint density at radius 3 is 2.89 bits per heavy atom. The van der Waals surface area contributed by atoms with Crippen molar-refractivity contribution in [3.8, 4) is 0 Å². The first-order chi connectivity index (χ1) is 4.34. The first kappa shape index (κ1) is 6.56.